The highest BCUT2D eigenvalue weighted by Gasteiger charge is 2.24. The second-order valence-corrected chi connectivity index (χ2v) is 5.94. The van der Waals surface area contributed by atoms with Crippen LogP contribution in [0.15, 0.2) is 48.5 Å². The number of nitrogens with zero attached hydrogens (tertiary/aromatic N) is 1. The lowest BCUT2D eigenvalue weighted by molar-refractivity contribution is 0.102. The van der Waals surface area contributed by atoms with Crippen LogP contribution in [0.4, 0.5) is 5.69 Å². The van der Waals surface area contributed by atoms with Gasteiger partial charge in [0.15, 0.2) is 0 Å². The van der Waals surface area contributed by atoms with Gasteiger partial charge >= 0.3 is 0 Å². The van der Waals surface area contributed by atoms with Crippen LogP contribution in [0.2, 0.25) is 0 Å². The van der Waals surface area contributed by atoms with Gasteiger partial charge in [0.2, 0.25) is 0 Å². The number of aryl methyl sites for hydroxylation is 1. The van der Waals surface area contributed by atoms with Crippen LogP contribution < -0.4 is 10.1 Å². The van der Waals surface area contributed by atoms with Crippen molar-refractivity contribution in [2.24, 2.45) is 0 Å². The zero-order chi connectivity index (χ0) is 16.5. The third-order valence-corrected chi connectivity index (χ3v) is 4.50. The van der Waals surface area contributed by atoms with E-state index in [-0.39, 0.29) is 5.91 Å². The summed E-state index contributed by atoms with van der Waals surface area (Å²) in [5.41, 5.74) is 4.44. The lowest BCUT2D eigenvalue weighted by Crippen LogP contribution is -2.16. The van der Waals surface area contributed by atoms with E-state index in [4.69, 9.17) is 9.72 Å². The molecule has 0 saturated carbocycles. The largest absolute Gasteiger partial charge is 0.495 e. The fourth-order valence-electron chi connectivity index (χ4n) is 3.40. The van der Waals surface area contributed by atoms with Crippen LogP contribution in [-0.4, -0.2) is 18.0 Å². The summed E-state index contributed by atoms with van der Waals surface area (Å²) in [4.78, 5) is 17.8. The van der Waals surface area contributed by atoms with Crippen LogP contribution in [0.5, 0.6) is 5.75 Å². The smallest absolute Gasteiger partial charge is 0.256 e. The summed E-state index contributed by atoms with van der Waals surface area (Å²) in [6.07, 6.45) is 2.89. The van der Waals surface area contributed by atoms with Gasteiger partial charge in [-0.25, -0.2) is 0 Å². The number of hydrogen-bond acceptors (Lipinski definition) is 3. The van der Waals surface area contributed by atoms with Crippen molar-refractivity contribution in [3.8, 4) is 5.75 Å². The molecule has 4 rings (SSSR count). The molecule has 3 aromatic rings. The molecule has 4 nitrogen and oxygen atoms in total. The quantitative estimate of drug-likeness (QED) is 0.794. The summed E-state index contributed by atoms with van der Waals surface area (Å²) in [6.45, 7) is 0. The van der Waals surface area contributed by atoms with Gasteiger partial charge in [0, 0.05) is 11.1 Å². The van der Waals surface area contributed by atoms with Crippen molar-refractivity contribution >= 4 is 22.5 Å². The molecule has 0 fully saturated rings. The Bertz CT molecular complexity index is 934. The monoisotopic (exact) mass is 318 g/mol. The summed E-state index contributed by atoms with van der Waals surface area (Å²) < 4.78 is 5.34. The van der Waals surface area contributed by atoms with Gasteiger partial charge in [-0.05, 0) is 43.0 Å². The van der Waals surface area contributed by atoms with Gasteiger partial charge in [-0.1, -0.05) is 30.3 Å². The molecule has 1 N–H and O–H groups in total. The minimum absolute atomic E-state index is 0.101. The average Bonchev–Trinajstić information content (AvgIpc) is 3.07. The van der Waals surface area contributed by atoms with E-state index < -0.39 is 0 Å². The Morgan fingerprint density at radius 2 is 1.88 bits per heavy atom. The van der Waals surface area contributed by atoms with E-state index in [1.54, 1.807) is 7.11 Å². The van der Waals surface area contributed by atoms with Crippen molar-refractivity contribution in [2.75, 3.05) is 12.4 Å². The maximum Gasteiger partial charge on any atom is 0.256 e. The maximum absolute atomic E-state index is 13.1. The molecule has 0 spiro atoms. The molecule has 1 aliphatic rings. The van der Waals surface area contributed by atoms with Crippen LogP contribution in [-0.2, 0) is 12.8 Å². The van der Waals surface area contributed by atoms with Crippen LogP contribution in [0.25, 0.3) is 10.9 Å². The second-order valence-electron chi connectivity index (χ2n) is 5.94. The molecule has 120 valence electrons. The molecule has 0 saturated heterocycles. The first-order valence-corrected chi connectivity index (χ1v) is 8.13. The van der Waals surface area contributed by atoms with E-state index in [0.717, 1.165) is 47.0 Å². The number of hydrogen-bond donors (Lipinski definition) is 1. The molecule has 0 unspecified atom stereocenters. The molecular formula is C20H18N2O2. The topological polar surface area (TPSA) is 51.2 Å². The number of nitrogens with one attached hydrogen (secondary N) is 1. The van der Waals surface area contributed by atoms with E-state index >= 15 is 0 Å². The van der Waals surface area contributed by atoms with E-state index in [2.05, 4.69) is 5.32 Å². The number of rotatable bonds is 3. The first-order chi connectivity index (χ1) is 11.8. The Kier molecular flexibility index (Phi) is 3.65. The number of carbonyl (C=O) groups is 1. The minimum atomic E-state index is -0.101. The number of methoxy groups -OCH3 is 1. The zero-order valence-electron chi connectivity index (χ0n) is 13.5. The number of anilines is 1. The molecule has 1 aliphatic carbocycles. The predicted molar refractivity (Wildman–Crippen MR) is 94.7 cm³/mol. The van der Waals surface area contributed by atoms with Crippen LogP contribution in [0, 0.1) is 0 Å². The lowest BCUT2D eigenvalue weighted by atomic mass is 10.0. The molecule has 1 aromatic heterocycles. The highest BCUT2D eigenvalue weighted by molar-refractivity contribution is 6.14. The fourth-order valence-corrected chi connectivity index (χ4v) is 3.40. The molecule has 0 atom stereocenters. The van der Waals surface area contributed by atoms with E-state index in [0.29, 0.717) is 11.4 Å². The normalized spacial score (nSPS) is 12.9. The average molecular weight is 318 g/mol. The van der Waals surface area contributed by atoms with Crippen molar-refractivity contribution in [2.45, 2.75) is 19.3 Å². The van der Waals surface area contributed by atoms with Gasteiger partial charge < -0.3 is 10.1 Å². The molecule has 24 heavy (non-hydrogen) atoms. The molecule has 0 bridgehead atoms. The minimum Gasteiger partial charge on any atom is -0.495 e. The number of carbonyl (C=O) groups excluding carboxylic acids is 1. The number of amides is 1. The summed E-state index contributed by atoms with van der Waals surface area (Å²) in [5.74, 6) is 0.553. The maximum atomic E-state index is 13.1. The molecular weight excluding hydrogens is 300 g/mol. The van der Waals surface area contributed by atoms with Crippen LogP contribution in [0.3, 0.4) is 0 Å². The van der Waals surface area contributed by atoms with Crippen molar-refractivity contribution in [3.05, 3.63) is 65.4 Å². The van der Waals surface area contributed by atoms with Crippen molar-refractivity contribution in [3.63, 3.8) is 0 Å². The Labute approximate surface area is 140 Å². The summed E-state index contributed by atoms with van der Waals surface area (Å²) >= 11 is 0. The van der Waals surface area contributed by atoms with Crippen molar-refractivity contribution in [1.29, 1.82) is 0 Å². The Morgan fingerprint density at radius 3 is 2.75 bits per heavy atom. The summed E-state index contributed by atoms with van der Waals surface area (Å²) in [7, 11) is 1.60. The van der Waals surface area contributed by atoms with E-state index in [1.165, 1.54) is 0 Å². The molecule has 0 radical (unpaired) electrons. The Hall–Kier alpha value is -2.88. The first kappa shape index (κ1) is 14.7. The number of aromatic nitrogens is 1. The van der Waals surface area contributed by atoms with E-state index in [9.17, 15) is 4.79 Å². The zero-order valence-corrected chi connectivity index (χ0v) is 13.5. The predicted octanol–water partition coefficient (Wildman–Crippen LogP) is 3.98. The van der Waals surface area contributed by atoms with Gasteiger partial charge in [-0.2, -0.15) is 0 Å². The first-order valence-electron chi connectivity index (χ1n) is 8.13. The highest BCUT2D eigenvalue weighted by Crippen LogP contribution is 2.31. The van der Waals surface area contributed by atoms with Gasteiger partial charge in [-0.3, -0.25) is 9.78 Å². The van der Waals surface area contributed by atoms with Gasteiger partial charge in [0.25, 0.3) is 5.91 Å². The van der Waals surface area contributed by atoms with Crippen LogP contribution in [0.1, 0.15) is 28.0 Å². The van der Waals surface area contributed by atoms with Crippen LogP contribution >= 0.6 is 0 Å². The Balaban J connectivity index is 1.82. The number of pyridine rings is 1. The van der Waals surface area contributed by atoms with Gasteiger partial charge in [0.05, 0.1) is 23.9 Å². The van der Waals surface area contributed by atoms with E-state index in [1.807, 2.05) is 48.5 Å². The number of ether oxygens (including phenoxy) is 1. The summed E-state index contributed by atoms with van der Waals surface area (Å²) in [6, 6.07) is 15.3. The highest BCUT2D eigenvalue weighted by atomic mass is 16.5. The molecule has 4 heteroatoms. The molecule has 2 aromatic carbocycles. The Morgan fingerprint density at radius 1 is 1.08 bits per heavy atom. The third-order valence-electron chi connectivity index (χ3n) is 4.50. The standard InChI is InChI=1S/C20H18N2O2/c1-24-18-12-5-4-10-17(18)22-20(23)19-13-7-2-3-9-15(13)21-16-11-6-8-14(16)19/h2-5,7,9-10,12H,6,8,11H2,1H3,(H,22,23). The SMILES string of the molecule is COc1ccccc1NC(=O)c1c2c(nc3ccccc13)CCC2. The number of para-hydroxylation sites is 3. The molecule has 0 aliphatic heterocycles. The van der Waals surface area contributed by atoms with Gasteiger partial charge in [0.1, 0.15) is 5.75 Å². The fraction of sp³-hybridized carbons (Fsp3) is 0.200. The summed E-state index contributed by atoms with van der Waals surface area (Å²) in [5, 5.41) is 3.92. The van der Waals surface area contributed by atoms with Crippen molar-refractivity contribution in [1.82, 2.24) is 4.98 Å². The lowest BCUT2D eigenvalue weighted by Gasteiger charge is -2.14. The molecule has 1 amide bonds. The van der Waals surface area contributed by atoms with Gasteiger partial charge in [-0.15, -0.1) is 0 Å². The second kappa shape index (κ2) is 5.96. The number of benzene rings is 2. The van der Waals surface area contributed by atoms with Crippen molar-refractivity contribution < 1.29 is 9.53 Å². The third kappa shape index (κ3) is 2.40. The number of fused-ring (bicyclic) bond motifs is 2. The molecule has 1 heterocycles.